The fourth-order valence-electron chi connectivity index (χ4n) is 1.39. The fraction of sp³-hybridized carbons (Fsp3) is 0.200. The molecule has 0 saturated heterocycles. The molecule has 0 fully saturated rings. The first kappa shape index (κ1) is 11.7. The van der Waals surface area contributed by atoms with Gasteiger partial charge in [0, 0.05) is 10.0 Å². The fourth-order valence-corrected chi connectivity index (χ4v) is 1.85. The third-order valence-electron chi connectivity index (χ3n) is 2.18. The van der Waals surface area contributed by atoms with Gasteiger partial charge in [-0.05, 0) is 22.6 Å². The lowest BCUT2D eigenvalue weighted by atomic mass is 10.2. The molecule has 0 radical (unpaired) electrons. The van der Waals surface area contributed by atoms with Crippen LogP contribution in [0, 0.1) is 0 Å². The topological polar surface area (TPSA) is 80.9 Å². The molecule has 0 aliphatic carbocycles. The van der Waals surface area contributed by atoms with Gasteiger partial charge in [0.25, 0.3) is 0 Å². The molecule has 2 rings (SSSR count). The summed E-state index contributed by atoms with van der Waals surface area (Å²) in [5.41, 5.74) is 0.836. The number of rotatable bonds is 4. The number of halogens is 1. The van der Waals surface area contributed by atoms with E-state index in [1.807, 2.05) is 24.3 Å². The largest absolute Gasteiger partial charge is 0.481 e. The van der Waals surface area contributed by atoms with Crippen molar-refractivity contribution < 1.29 is 9.90 Å². The Labute approximate surface area is 105 Å². The minimum atomic E-state index is -0.876. The zero-order valence-corrected chi connectivity index (χ0v) is 10.3. The molecular weight excluding hydrogens is 288 g/mol. The van der Waals surface area contributed by atoms with E-state index in [4.69, 9.17) is 5.11 Å². The molecule has 1 heterocycles. The van der Waals surface area contributed by atoms with Crippen LogP contribution in [0.4, 0.5) is 0 Å². The van der Waals surface area contributed by atoms with Gasteiger partial charge in [-0.1, -0.05) is 28.1 Å². The number of hydrogen-bond acceptors (Lipinski definition) is 4. The molecule has 1 N–H and O–H groups in total. The second-order valence-corrected chi connectivity index (χ2v) is 4.20. The van der Waals surface area contributed by atoms with Crippen molar-refractivity contribution in [3.05, 3.63) is 28.7 Å². The maximum absolute atomic E-state index is 10.5. The SMILES string of the molecule is O=C(O)CCn1nnnc1-c1ccccc1Br. The summed E-state index contributed by atoms with van der Waals surface area (Å²) in [5.74, 6) is -0.322. The first-order valence-corrected chi connectivity index (χ1v) is 5.70. The molecule has 0 atom stereocenters. The lowest BCUT2D eigenvalue weighted by molar-refractivity contribution is -0.137. The summed E-state index contributed by atoms with van der Waals surface area (Å²) >= 11 is 3.41. The van der Waals surface area contributed by atoms with E-state index in [-0.39, 0.29) is 13.0 Å². The summed E-state index contributed by atoms with van der Waals surface area (Å²) in [7, 11) is 0. The Kier molecular flexibility index (Phi) is 3.48. The van der Waals surface area contributed by atoms with Crippen molar-refractivity contribution in [2.24, 2.45) is 0 Å². The Morgan fingerprint density at radius 2 is 2.18 bits per heavy atom. The number of aromatic nitrogens is 4. The zero-order chi connectivity index (χ0) is 12.3. The third-order valence-corrected chi connectivity index (χ3v) is 2.88. The maximum Gasteiger partial charge on any atom is 0.305 e. The van der Waals surface area contributed by atoms with Crippen LogP contribution in [0.2, 0.25) is 0 Å². The molecule has 0 spiro atoms. The summed E-state index contributed by atoms with van der Waals surface area (Å²) in [6.45, 7) is 0.249. The van der Waals surface area contributed by atoms with Gasteiger partial charge in [-0.25, -0.2) is 4.68 Å². The minimum absolute atomic E-state index is 0.0114. The van der Waals surface area contributed by atoms with E-state index in [0.717, 1.165) is 10.0 Å². The minimum Gasteiger partial charge on any atom is -0.481 e. The quantitative estimate of drug-likeness (QED) is 0.926. The molecular formula is C10H9BrN4O2. The molecule has 0 unspecified atom stereocenters. The van der Waals surface area contributed by atoms with Gasteiger partial charge in [0.1, 0.15) is 0 Å². The second kappa shape index (κ2) is 5.05. The van der Waals surface area contributed by atoms with E-state index in [1.54, 1.807) is 0 Å². The summed E-state index contributed by atoms with van der Waals surface area (Å²) < 4.78 is 2.35. The van der Waals surface area contributed by atoms with Crippen molar-refractivity contribution in [1.29, 1.82) is 0 Å². The van der Waals surface area contributed by atoms with Crippen LogP contribution in [0.5, 0.6) is 0 Å². The lowest BCUT2D eigenvalue weighted by Crippen LogP contribution is -2.07. The number of aryl methyl sites for hydroxylation is 1. The van der Waals surface area contributed by atoms with E-state index in [1.165, 1.54) is 4.68 Å². The summed E-state index contributed by atoms with van der Waals surface area (Å²) in [6, 6.07) is 7.51. The molecule has 2 aromatic rings. The molecule has 0 bridgehead atoms. The van der Waals surface area contributed by atoms with Gasteiger partial charge in [0.15, 0.2) is 5.82 Å². The van der Waals surface area contributed by atoms with Crippen LogP contribution in [0.1, 0.15) is 6.42 Å². The normalized spacial score (nSPS) is 10.4. The van der Waals surface area contributed by atoms with Gasteiger partial charge in [-0.2, -0.15) is 0 Å². The molecule has 0 saturated carbocycles. The zero-order valence-electron chi connectivity index (χ0n) is 8.75. The highest BCUT2D eigenvalue weighted by Crippen LogP contribution is 2.25. The van der Waals surface area contributed by atoms with E-state index in [0.29, 0.717) is 5.82 Å². The first-order chi connectivity index (χ1) is 8.18. The van der Waals surface area contributed by atoms with Crippen molar-refractivity contribution in [1.82, 2.24) is 20.2 Å². The maximum atomic E-state index is 10.5. The Hall–Kier alpha value is -1.76. The van der Waals surface area contributed by atoms with Crippen molar-refractivity contribution in [2.45, 2.75) is 13.0 Å². The number of tetrazole rings is 1. The van der Waals surface area contributed by atoms with Crippen molar-refractivity contribution in [2.75, 3.05) is 0 Å². The van der Waals surface area contributed by atoms with Crippen LogP contribution >= 0.6 is 15.9 Å². The number of hydrogen-bond donors (Lipinski definition) is 1. The van der Waals surface area contributed by atoms with E-state index in [2.05, 4.69) is 31.5 Å². The van der Waals surface area contributed by atoms with Gasteiger partial charge in [0.2, 0.25) is 0 Å². The predicted octanol–water partition coefficient (Wildman–Crippen LogP) is 1.58. The Balaban J connectivity index is 2.31. The third kappa shape index (κ3) is 2.68. The van der Waals surface area contributed by atoms with E-state index >= 15 is 0 Å². The van der Waals surface area contributed by atoms with Gasteiger partial charge in [0.05, 0.1) is 13.0 Å². The summed E-state index contributed by atoms with van der Waals surface area (Å²) in [4.78, 5) is 10.5. The number of carboxylic acid groups (broad SMARTS) is 1. The number of carboxylic acids is 1. The van der Waals surface area contributed by atoms with Crippen LogP contribution in [0.3, 0.4) is 0 Å². The van der Waals surface area contributed by atoms with Gasteiger partial charge in [-0.15, -0.1) is 5.10 Å². The molecule has 1 aromatic carbocycles. The molecule has 6 nitrogen and oxygen atoms in total. The van der Waals surface area contributed by atoms with Crippen LogP contribution < -0.4 is 0 Å². The van der Waals surface area contributed by atoms with Crippen molar-refractivity contribution in [3.8, 4) is 11.4 Å². The number of nitrogens with zero attached hydrogens (tertiary/aromatic N) is 4. The molecule has 1 aromatic heterocycles. The van der Waals surface area contributed by atoms with Crippen molar-refractivity contribution >= 4 is 21.9 Å². The van der Waals surface area contributed by atoms with Crippen LogP contribution in [0.15, 0.2) is 28.7 Å². The molecule has 17 heavy (non-hydrogen) atoms. The monoisotopic (exact) mass is 296 g/mol. The van der Waals surface area contributed by atoms with Crippen LogP contribution in [-0.2, 0) is 11.3 Å². The second-order valence-electron chi connectivity index (χ2n) is 3.35. The molecule has 7 heteroatoms. The predicted molar refractivity (Wildman–Crippen MR) is 63.2 cm³/mol. The number of carbonyl (C=O) groups is 1. The van der Waals surface area contributed by atoms with E-state index in [9.17, 15) is 4.79 Å². The Bertz CT molecular complexity index is 541. The summed E-state index contributed by atoms with van der Waals surface area (Å²) in [6.07, 6.45) is -0.0114. The Morgan fingerprint density at radius 3 is 2.88 bits per heavy atom. The molecule has 0 amide bonds. The van der Waals surface area contributed by atoms with Gasteiger partial charge >= 0.3 is 5.97 Å². The average Bonchev–Trinajstić information content (AvgIpc) is 2.75. The van der Waals surface area contributed by atoms with Gasteiger partial charge in [-0.3, -0.25) is 4.79 Å². The summed E-state index contributed by atoms with van der Waals surface area (Å²) in [5, 5.41) is 19.9. The Morgan fingerprint density at radius 1 is 1.41 bits per heavy atom. The lowest BCUT2D eigenvalue weighted by Gasteiger charge is -2.04. The standard InChI is InChI=1S/C10H9BrN4O2/c11-8-4-2-1-3-7(8)10-12-13-14-15(10)6-5-9(16)17/h1-4H,5-6H2,(H,16,17). The highest BCUT2D eigenvalue weighted by molar-refractivity contribution is 9.10. The van der Waals surface area contributed by atoms with Crippen LogP contribution in [0.25, 0.3) is 11.4 Å². The van der Waals surface area contributed by atoms with Crippen molar-refractivity contribution in [3.63, 3.8) is 0 Å². The van der Waals surface area contributed by atoms with Crippen LogP contribution in [-0.4, -0.2) is 31.3 Å². The first-order valence-electron chi connectivity index (χ1n) is 4.91. The molecule has 88 valence electrons. The molecule has 0 aliphatic rings. The highest BCUT2D eigenvalue weighted by Gasteiger charge is 2.12. The smallest absolute Gasteiger partial charge is 0.305 e. The van der Waals surface area contributed by atoms with Gasteiger partial charge < -0.3 is 5.11 Å². The number of benzene rings is 1. The highest BCUT2D eigenvalue weighted by atomic mass is 79.9. The van der Waals surface area contributed by atoms with E-state index < -0.39 is 5.97 Å². The average molecular weight is 297 g/mol. The molecule has 0 aliphatic heterocycles. The number of aliphatic carboxylic acids is 1.